The average molecular weight is 227 g/mol. The molecule has 2 heterocycles. The smallest absolute Gasteiger partial charge is 0.239 e. The molecule has 0 saturated carbocycles. The van der Waals surface area contributed by atoms with E-state index in [1.807, 2.05) is 4.90 Å². The largest absolute Gasteiger partial charge is 0.379 e. The van der Waals surface area contributed by atoms with Crippen LogP contribution in [-0.2, 0) is 9.53 Å². The lowest BCUT2D eigenvalue weighted by atomic mass is 10.3. The molecule has 92 valence electrons. The number of carbonyl (C=O) groups excluding carboxylic acids is 1. The molecule has 16 heavy (non-hydrogen) atoms. The van der Waals surface area contributed by atoms with Gasteiger partial charge in [-0.25, -0.2) is 0 Å². The topological polar surface area (TPSA) is 58.8 Å². The van der Waals surface area contributed by atoms with Crippen molar-refractivity contribution in [2.24, 2.45) is 5.73 Å². The summed E-state index contributed by atoms with van der Waals surface area (Å²) in [7, 11) is 0. The van der Waals surface area contributed by atoms with Gasteiger partial charge in [0.15, 0.2) is 0 Å². The van der Waals surface area contributed by atoms with Crippen LogP contribution in [0.2, 0.25) is 0 Å². The predicted octanol–water partition coefficient (Wildman–Crippen LogP) is -0.732. The first-order valence-electron chi connectivity index (χ1n) is 6.12. The van der Waals surface area contributed by atoms with Crippen LogP contribution in [0.5, 0.6) is 0 Å². The van der Waals surface area contributed by atoms with Crippen molar-refractivity contribution in [2.75, 3.05) is 45.9 Å². The van der Waals surface area contributed by atoms with Gasteiger partial charge in [0.2, 0.25) is 5.91 Å². The lowest BCUT2D eigenvalue weighted by Crippen LogP contribution is -2.39. The van der Waals surface area contributed by atoms with Gasteiger partial charge in [0.05, 0.1) is 19.3 Å². The number of rotatable bonds is 4. The van der Waals surface area contributed by atoms with Crippen LogP contribution in [-0.4, -0.2) is 67.7 Å². The molecule has 2 N–H and O–H groups in total. The van der Waals surface area contributed by atoms with Crippen LogP contribution < -0.4 is 5.73 Å². The van der Waals surface area contributed by atoms with E-state index < -0.39 is 0 Å². The number of hydrogen-bond acceptors (Lipinski definition) is 4. The predicted molar refractivity (Wildman–Crippen MR) is 61.0 cm³/mol. The van der Waals surface area contributed by atoms with Gasteiger partial charge in [0, 0.05) is 32.7 Å². The summed E-state index contributed by atoms with van der Waals surface area (Å²) in [5, 5.41) is 0. The van der Waals surface area contributed by atoms with E-state index in [9.17, 15) is 4.79 Å². The number of likely N-dealkylation sites (tertiary alicyclic amines) is 1. The van der Waals surface area contributed by atoms with Crippen LogP contribution in [0.3, 0.4) is 0 Å². The Kier molecular flexibility index (Phi) is 4.15. The SMILES string of the molecule is NC1CCN(CCCN2CCOCC2)C1=O. The Hall–Kier alpha value is -0.650. The summed E-state index contributed by atoms with van der Waals surface area (Å²) >= 11 is 0. The van der Waals surface area contributed by atoms with E-state index in [-0.39, 0.29) is 11.9 Å². The van der Waals surface area contributed by atoms with E-state index in [0.717, 1.165) is 58.8 Å². The minimum absolute atomic E-state index is 0.127. The van der Waals surface area contributed by atoms with Gasteiger partial charge < -0.3 is 15.4 Å². The van der Waals surface area contributed by atoms with Crippen molar-refractivity contribution in [3.05, 3.63) is 0 Å². The maximum atomic E-state index is 11.6. The van der Waals surface area contributed by atoms with Gasteiger partial charge in [-0.1, -0.05) is 0 Å². The van der Waals surface area contributed by atoms with Gasteiger partial charge in [0.1, 0.15) is 0 Å². The monoisotopic (exact) mass is 227 g/mol. The first-order valence-corrected chi connectivity index (χ1v) is 6.12. The highest BCUT2D eigenvalue weighted by Crippen LogP contribution is 2.09. The van der Waals surface area contributed by atoms with Crippen molar-refractivity contribution in [3.8, 4) is 0 Å². The first kappa shape index (κ1) is 11.8. The fourth-order valence-electron chi connectivity index (χ4n) is 2.30. The summed E-state index contributed by atoms with van der Waals surface area (Å²) < 4.78 is 5.29. The molecule has 0 radical (unpaired) electrons. The lowest BCUT2D eigenvalue weighted by molar-refractivity contribution is -0.128. The molecule has 5 heteroatoms. The fourth-order valence-corrected chi connectivity index (χ4v) is 2.30. The van der Waals surface area contributed by atoms with E-state index in [4.69, 9.17) is 10.5 Å². The number of ether oxygens (including phenoxy) is 1. The Morgan fingerprint density at radius 1 is 1.25 bits per heavy atom. The Labute approximate surface area is 96.5 Å². The van der Waals surface area contributed by atoms with E-state index in [2.05, 4.69) is 4.90 Å². The van der Waals surface area contributed by atoms with Gasteiger partial charge in [-0.05, 0) is 12.8 Å². The maximum absolute atomic E-state index is 11.6. The minimum Gasteiger partial charge on any atom is -0.379 e. The maximum Gasteiger partial charge on any atom is 0.239 e. The number of hydrogen-bond donors (Lipinski definition) is 1. The van der Waals surface area contributed by atoms with Crippen molar-refractivity contribution < 1.29 is 9.53 Å². The Morgan fingerprint density at radius 2 is 2.00 bits per heavy atom. The second kappa shape index (κ2) is 5.61. The zero-order valence-electron chi connectivity index (χ0n) is 9.73. The van der Waals surface area contributed by atoms with E-state index in [1.165, 1.54) is 0 Å². The van der Waals surface area contributed by atoms with E-state index in [0.29, 0.717) is 0 Å². The second-order valence-corrected chi connectivity index (χ2v) is 4.53. The Balaban J connectivity index is 1.62. The summed E-state index contributed by atoms with van der Waals surface area (Å²) in [6, 6.07) is -0.247. The molecule has 2 aliphatic heterocycles. The Bertz CT molecular complexity index is 241. The summed E-state index contributed by atoms with van der Waals surface area (Å²) in [5.74, 6) is 0.127. The zero-order valence-corrected chi connectivity index (χ0v) is 9.73. The molecule has 2 rings (SSSR count). The first-order chi connectivity index (χ1) is 7.77. The van der Waals surface area contributed by atoms with E-state index in [1.54, 1.807) is 0 Å². The number of carbonyl (C=O) groups is 1. The number of nitrogens with two attached hydrogens (primary N) is 1. The molecule has 1 atom stereocenters. The van der Waals surface area contributed by atoms with E-state index >= 15 is 0 Å². The fraction of sp³-hybridized carbons (Fsp3) is 0.909. The molecule has 0 aliphatic carbocycles. The van der Waals surface area contributed by atoms with Crippen molar-refractivity contribution in [1.29, 1.82) is 0 Å². The minimum atomic E-state index is -0.247. The quantitative estimate of drug-likeness (QED) is 0.688. The molecule has 0 aromatic carbocycles. The van der Waals surface area contributed by atoms with Crippen LogP contribution in [0.15, 0.2) is 0 Å². The molecular weight excluding hydrogens is 206 g/mol. The van der Waals surface area contributed by atoms with Gasteiger partial charge >= 0.3 is 0 Å². The normalized spacial score (nSPS) is 27.7. The summed E-state index contributed by atoms with van der Waals surface area (Å²) in [6.07, 6.45) is 1.86. The summed E-state index contributed by atoms with van der Waals surface area (Å²) in [5.41, 5.74) is 5.67. The van der Waals surface area contributed by atoms with Crippen LogP contribution >= 0.6 is 0 Å². The van der Waals surface area contributed by atoms with Crippen LogP contribution in [0.25, 0.3) is 0 Å². The second-order valence-electron chi connectivity index (χ2n) is 4.53. The molecule has 0 bridgehead atoms. The van der Waals surface area contributed by atoms with Crippen molar-refractivity contribution in [3.63, 3.8) is 0 Å². The van der Waals surface area contributed by atoms with Gasteiger partial charge in [-0.2, -0.15) is 0 Å². The highest BCUT2D eigenvalue weighted by atomic mass is 16.5. The van der Waals surface area contributed by atoms with Crippen molar-refractivity contribution in [1.82, 2.24) is 9.80 Å². The third-order valence-corrected chi connectivity index (χ3v) is 3.34. The van der Waals surface area contributed by atoms with Gasteiger partial charge in [0.25, 0.3) is 0 Å². The number of morpholine rings is 1. The summed E-state index contributed by atoms with van der Waals surface area (Å²) in [4.78, 5) is 15.8. The van der Waals surface area contributed by atoms with Crippen LogP contribution in [0.4, 0.5) is 0 Å². The van der Waals surface area contributed by atoms with Gasteiger partial charge in [-0.3, -0.25) is 9.69 Å². The average Bonchev–Trinajstić information content (AvgIpc) is 2.62. The third kappa shape index (κ3) is 2.93. The molecule has 1 unspecified atom stereocenters. The van der Waals surface area contributed by atoms with Crippen LogP contribution in [0.1, 0.15) is 12.8 Å². The highest BCUT2D eigenvalue weighted by Gasteiger charge is 2.27. The molecule has 0 spiro atoms. The zero-order chi connectivity index (χ0) is 11.4. The lowest BCUT2D eigenvalue weighted by Gasteiger charge is -2.27. The molecule has 2 aliphatic rings. The third-order valence-electron chi connectivity index (χ3n) is 3.34. The Morgan fingerprint density at radius 3 is 2.62 bits per heavy atom. The van der Waals surface area contributed by atoms with Crippen molar-refractivity contribution >= 4 is 5.91 Å². The molecule has 5 nitrogen and oxygen atoms in total. The standard InChI is InChI=1S/C11H21N3O2/c12-10-2-5-14(11(10)15)4-1-3-13-6-8-16-9-7-13/h10H,1-9,12H2. The van der Waals surface area contributed by atoms with Gasteiger partial charge in [-0.15, -0.1) is 0 Å². The molecule has 2 fully saturated rings. The molecule has 1 amide bonds. The molecular formula is C11H21N3O2. The summed E-state index contributed by atoms with van der Waals surface area (Å²) in [6.45, 7) is 6.47. The number of nitrogens with zero attached hydrogens (tertiary/aromatic N) is 2. The number of amides is 1. The molecule has 2 saturated heterocycles. The van der Waals surface area contributed by atoms with Crippen molar-refractivity contribution in [2.45, 2.75) is 18.9 Å². The molecule has 0 aromatic heterocycles. The highest BCUT2D eigenvalue weighted by molar-refractivity contribution is 5.83. The van der Waals surface area contributed by atoms with Crippen LogP contribution in [0, 0.1) is 0 Å². The molecule has 0 aromatic rings.